The number of hydrogen-bond acceptors (Lipinski definition) is 1. The first-order valence-electron chi connectivity index (χ1n) is 5.34. The minimum Gasteiger partial charge on any atom is -0.299 e. The van der Waals surface area contributed by atoms with E-state index in [9.17, 15) is 9.18 Å². The summed E-state index contributed by atoms with van der Waals surface area (Å²) in [5.74, 6) is -0.180. The summed E-state index contributed by atoms with van der Waals surface area (Å²) < 4.78 is 13.6. The normalized spacial score (nSPS) is 11.6. The summed E-state index contributed by atoms with van der Waals surface area (Å²) in [7, 11) is 0. The summed E-state index contributed by atoms with van der Waals surface area (Å²) in [4.78, 5) is 12.0. The Balaban J connectivity index is 2.90. The first-order chi connectivity index (χ1) is 7.38. The van der Waals surface area contributed by atoms with Gasteiger partial charge in [0.15, 0.2) is 0 Å². The molecular weight excluding hydrogens is 271 g/mol. The number of Topliss-reactive ketones (excluding diaryl/α,β-unsaturated/α-hetero) is 1. The van der Waals surface area contributed by atoms with Crippen LogP contribution in [0.1, 0.15) is 32.8 Å². The van der Waals surface area contributed by atoms with Gasteiger partial charge in [0.05, 0.1) is 4.47 Å². The second-order valence-electron chi connectivity index (χ2n) is 4.55. The predicted octanol–water partition coefficient (Wildman–Crippen LogP) is 4.14. The highest BCUT2D eigenvalue weighted by molar-refractivity contribution is 9.10. The van der Waals surface area contributed by atoms with Gasteiger partial charge in [-0.15, -0.1) is 0 Å². The molecule has 3 heteroatoms. The fourth-order valence-electron chi connectivity index (χ4n) is 1.29. The molecule has 0 heterocycles. The van der Waals surface area contributed by atoms with E-state index in [0.717, 1.165) is 6.42 Å². The first kappa shape index (κ1) is 13.4. The van der Waals surface area contributed by atoms with Gasteiger partial charge in [-0.25, -0.2) is 4.39 Å². The first-order valence-corrected chi connectivity index (χ1v) is 6.14. The highest BCUT2D eigenvalue weighted by Gasteiger charge is 2.25. The standard InChI is InChI=1S/C13H16BrFO/c1-4-13(2,3)11(16)8-9-6-5-7-10(15)12(9)14/h5-7H,4,8H2,1-3H3. The van der Waals surface area contributed by atoms with Gasteiger partial charge in [0.2, 0.25) is 0 Å². The van der Waals surface area contributed by atoms with E-state index in [1.165, 1.54) is 6.07 Å². The Labute approximate surface area is 104 Å². The van der Waals surface area contributed by atoms with Gasteiger partial charge in [0.1, 0.15) is 11.6 Å². The fraction of sp³-hybridized carbons (Fsp3) is 0.462. The van der Waals surface area contributed by atoms with Crippen molar-refractivity contribution in [2.45, 2.75) is 33.6 Å². The van der Waals surface area contributed by atoms with Crippen LogP contribution in [-0.2, 0) is 11.2 Å². The second-order valence-corrected chi connectivity index (χ2v) is 5.34. The van der Waals surface area contributed by atoms with Crippen LogP contribution < -0.4 is 0 Å². The number of carbonyl (C=O) groups is 1. The minimum atomic E-state index is -0.342. The molecule has 0 saturated carbocycles. The van der Waals surface area contributed by atoms with Gasteiger partial charge in [-0.2, -0.15) is 0 Å². The van der Waals surface area contributed by atoms with Crippen LogP contribution in [0.25, 0.3) is 0 Å². The number of benzene rings is 1. The molecule has 0 aromatic heterocycles. The van der Waals surface area contributed by atoms with Crippen LogP contribution >= 0.6 is 15.9 Å². The number of ketones is 1. The highest BCUT2D eigenvalue weighted by atomic mass is 79.9. The van der Waals surface area contributed by atoms with Crippen LogP contribution in [0.3, 0.4) is 0 Å². The Morgan fingerprint density at radius 3 is 2.62 bits per heavy atom. The Bertz CT molecular complexity index is 399. The lowest BCUT2D eigenvalue weighted by molar-refractivity contribution is -0.126. The lowest BCUT2D eigenvalue weighted by atomic mass is 9.82. The molecular formula is C13H16BrFO. The van der Waals surface area contributed by atoms with E-state index in [1.807, 2.05) is 20.8 Å². The van der Waals surface area contributed by atoms with Gasteiger partial charge >= 0.3 is 0 Å². The summed E-state index contributed by atoms with van der Waals surface area (Å²) >= 11 is 3.17. The monoisotopic (exact) mass is 286 g/mol. The van der Waals surface area contributed by atoms with Crippen LogP contribution in [0.4, 0.5) is 4.39 Å². The molecule has 0 aliphatic rings. The van der Waals surface area contributed by atoms with E-state index in [1.54, 1.807) is 12.1 Å². The third kappa shape index (κ3) is 2.91. The molecule has 1 rings (SSSR count). The van der Waals surface area contributed by atoms with E-state index >= 15 is 0 Å². The Hall–Kier alpha value is -0.700. The lowest BCUT2D eigenvalue weighted by Gasteiger charge is -2.21. The van der Waals surface area contributed by atoms with Crippen molar-refractivity contribution in [1.82, 2.24) is 0 Å². The molecule has 0 amide bonds. The van der Waals surface area contributed by atoms with Crippen molar-refractivity contribution in [1.29, 1.82) is 0 Å². The third-order valence-corrected chi connectivity index (χ3v) is 3.91. The molecule has 0 N–H and O–H groups in total. The van der Waals surface area contributed by atoms with Crippen molar-refractivity contribution in [2.24, 2.45) is 5.41 Å². The third-order valence-electron chi connectivity index (χ3n) is 3.02. The van der Waals surface area contributed by atoms with Gasteiger partial charge < -0.3 is 0 Å². The van der Waals surface area contributed by atoms with Gasteiger partial charge in [0, 0.05) is 11.8 Å². The van der Waals surface area contributed by atoms with Gasteiger partial charge in [-0.3, -0.25) is 4.79 Å². The van der Waals surface area contributed by atoms with Crippen molar-refractivity contribution in [3.8, 4) is 0 Å². The summed E-state index contributed by atoms with van der Waals surface area (Å²) in [5, 5.41) is 0. The van der Waals surface area contributed by atoms with E-state index < -0.39 is 0 Å². The SMILES string of the molecule is CCC(C)(C)C(=O)Cc1cccc(F)c1Br. The van der Waals surface area contributed by atoms with E-state index in [0.29, 0.717) is 10.0 Å². The zero-order valence-electron chi connectivity index (χ0n) is 9.81. The molecule has 16 heavy (non-hydrogen) atoms. The van der Waals surface area contributed by atoms with Crippen LogP contribution in [-0.4, -0.2) is 5.78 Å². The van der Waals surface area contributed by atoms with E-state index in [2.05, 4.69) is 15.9 Å². The quantitative estimate of drug-likeness (QED) is 0.813. The van der Waals surface area contributed by atoms with Crippen molar-refractivity contribution in [3.63, 3.8) is 0 Å². The Kier molecular flexibility index (Phi) is 4.25. The smallest absolute Gasteiger partial charge is 0.142 e. The van der Waals surface area contributed by atoms with Crippen LogP contribution in [0, 0.1) is 11.2 Å². The fourth-order valence-corrected chi connectivity index (χ4v) is 1.70. The topological polar surface area (TPSA) is 17.1 Å². The minimum absolute atomic E-state index is 0.140. The second kappa shape index (κ2) is 5.09. The zero-order chi connectivity index (χ0) is 12.3. The van der Waals surface area contributed by atoms with Gasteiger partial charge in [0.25, 0.3) is 0 Å². The molecule has 1 aromatic rings. The van der Waals surface area contributed by atoms with Crippen molar-refractivity contribution in [3.05, 3.63) is 34.1 Å². The van der Waals surface area contributed by atoms with Gasteiger partial charge in [-0.1, -0.05) is 32.9 Å². The van der Waals surface area contributed by atoms with Crippen molar-refractivity contribution >= 4 is 21.7 Å². The molecule has 0 atom stereocenters. The van der Waals surface area contributed by atoms with Crippen LogP contribution in [0.15, 0.2) is 22.7 Å². The predicted molar refractivity (Wildman–Crippen MR) is 66.9 cm³/mol. The summed E-state index contributed by atoms with van der Waals surface area (Å²) in [6, 6.07) is 4.78. The van der Waals surface area contributed by atoms with Gasteiger partial charge in [-0.05, 0) is 34.0 Å². The molecule has 0 aliphatic heterocycles. The molecule has 0 radical (unpaired) electrons. The lowest BCUT2D eigenvalue weighted by Crippen LogP contribution is -2.25. The average Bonchev–Trinajstić information content (AvgIpc) is 2.24. The molecule has 0 saturated heterocycles. The average molecular weight is 287 g/mol. The molecule has 1 aromatic carbocycles. The maximum Gasteiger partial charge on any atom is 0.142 e. The van der Waals surface area contributed by atoms with E-state index in [4.69, 9.17) is 0 Å². The molecule has 0 aliphatic carbocycles. The number of halogens is 2. The van der Waals surface area contributed by atoms with Crippen molar-refractivity contribution in [2.75, 3.05) is 0 Å². The number of hydrogen-bond donors (Lipinski definition) is 0. The zero-order valence-corrected chi connectivity index (χ0v) is 11.4. The van der Waals surface area contributed by atoms with Crippen molar-refractivity contribution < 1.29 is 9.18 Å². The maximum atomic E-state index is 13.2. The summed E-state index contributed by atoms with van der Waals surface area (Å²) in [6.07, 6.45) is 1.07. The van der Waals surface area contributed by atoms with Crippen LogP contribution in [0.2, 0.25) is 0 Å². The molecule has 88 valence electrons. The number of rotatable bonds is 4. The molecule has 0 fully saturated rings. The molecule has 0 bridgehead atoms. The Morgan fingerprint density at radius 1 is 1.44 bits per heavy atom. The molecule has 0 unspecified atom stereocenters. The Morgan fingerprint density at radius 2 is 2.06 bits per heavy atom. The molecule has 0 spiro atoms. The largest absolute Gasteiger partial charge is 0.299 e. The maximum absolute atomic E-state index is 13.2. The molecule has 1 nitrogen and oxygen atoms in total. The number of carbonyl (C=O) groups excluding carboxylic acids is 1. The van der Waals surface area contributed by atoms with E-state index in [-0.39, 0.29) is 23.4 Å². The van der Waals surface area contributed by atoms with Crippen LogP contribution in [0.5, 0.6) is 0 Å². The summed E-state index contributed by atoms with van der Waals surface area (Å²) in [5.41, 5.74) is 0.373. The highest BCUT2D eigenvalue weighted by Crippen LogP contribution is 2.26. The summed E-state index contributed by atoms with van der Waals surface area (Å²) in [6.45, 7) is 5.82.